The number of unbranched alkanes of at least 4 members (excludes halogenated alkanes) is 2. The number of amides is 3. The number of aliphatic carboxylic acids is 1. The third-order valence-corrected chi connectivity index (χ3v) is 8.21. The molecule has 3 N–H and O–H groups in total. The van der Waals surface area contributed by atoms with E-state index in [9.17, 15) is 24.3 Å². The lowest BCUT2D eigenvalue weighted by atomic mass is 9.90. The number of nitrogens with one attached hydrogen (secondary N) is 2. The second-order valence-corrected chi connectivity index (χ2v) is 11.2. The van der Waals surface area contributed by atoms with Crippen LogP contribution < -0.4 is 10.6 Å². The molecule has 1 aliphatic rings. The van der Waals surface area contributed by atoms with E-state index in [0.29, 0.717) is 37.9 Å². The topological polar surface area (TPSA) is 138 Å². The number of nitrogens with zero attached hydrogens (tertiary/aromatic N) is 1. The fourth-order valence-corrected chi connectivity index (χ4v) is 5.43. The molecule has 1 fully saturated rings. The van der Waals surface area contributed by atoms with E-state index in [1.165, 1.54) is 5.06 Å². The minimum atomic E-state index is -0.816. The molecule has 1 heterocycles. The maximum Gasteiger partial charge on any atom is 0.314 e. The van der Waals surface area contributed by atoms with Crippen molar-refractivity contribution in [2.45, 2.75) is 76.9 Å². The summed E-state index contributed by atoms with van der Waals surface area (Å²) in [6, 6.07) is 19.4. The van der Waals surface area contributed by atoms with Gasteiger partial charge in [0.05, 0.1) is 24.0 Å². The molecule has 0 radical (unpaired) electrons. The van der Waals surface area contributed by atoms with Crippen molar-refractivity contribution in [3.8, 4) is 11.3 Å². The molecule has 3 aromatic rings. The first-order valence-corrected chi connectivity index (χ1v) is 15.2. The molecule has 0 bridgehead atoms. The van der Waals surface area contributed by atoms with Gasteiger partial charge in [-0.15, -0.1) is 0 Å². The summed E-state index contributed by atoms with van der Waals surface area (Å²) >= 11 is 0. The van der Waals surface area contributed by atoms with E-state index in [4.69, 9.17) is 9.25 Å². The normalized spacial score (nSPS) is 14.7. The van der Waals surface area contributed by atoms with Crippen molar-refractivity contribution in [3.63, 3.8) is 0 Å². The summed E-state index contributed by atoms with van der Waals surface area (Å²) in [6.07, 6.45) is 5.71. The summed E-state index contributed by atoms with van der Waals surface area (Å²) in [7, 11) is 0. The number of furan rings is 1. The van der Waals surface area contributed by atoms with Gasteiger partial charge in [-0.25, -0.2) is 5.06 Å². The van der Waals surface area contributed by atoms with E-state index >= 15 is 0 Å². The third-order valence-electron chi connectivity index (χ3n) is 8.21. The van der Waals surface area contributed by atoms with Crippen LogP contribution in [0.15, 0.2) is 71.1 Å². The van der Waals surface area contributed by atoms with Gasteiger partial charge in [-0.05, 0) is 48.9 Å². The Morgan fingerprint density at radius 2 is 1.73 bits per heavy atom. The average molecular weight is 604 g/mol. The van der Waals surface area contributed by atoms with Crippen LogP contribution in [0.5, 0.6) is 0 Å². The fraction of sp³-hybridized carbons (Fsp3) is 0.412. The summed E-state index contributed by atoms with van der Waals surface area (Å²) in [4.78, 5) is 55.6. The highest BCUT2D eigenvalue weighted by atomic mass is 16.7. The molecule has 0 unspecified atom stereocenters. The SMILES string of the molecule is CCCCC[C@@H](C(=O)NCNC(=O)c1ccc(-c2ccc(C3(C(=O)O)CC3)cc2)o1)[C@@H](CC)N(C=O)OCc1ccccc1. The lowest BCUT2D eigenvalue weighted by molar-refractivity contribution is -0.200. The van der Waals surface area contributed by atoms with E-state index in [2.05, 4.69) is 17.6 Å². The summed E-state index contributed by atoms with van der Waals surface area (Å²) in [6.45, 7) is 4.08. The van der Waals surface area contributed by atoms with Gasteiger partial charge in [0.15, 0.2) is 5.76 Å². The van der Waals surface area contributed by atoms with Crippen LogP contribution in [0.4, 0.5) is 0 Å². The summed E-state index contributed by atoms with van der Waals surface area (Å²) < 4.78 is 5.75. The predicted octanol–water partition coefficient (Wildman–Crippen LogP) is 5.43. The van der Waals surface area contributed by atoms with Crippen molar-refractivity contribution >= 4 is 24.2 Å². The fourth-order valence-electron chi connectivity index (χ4n) is 5.43. The van der Waals surface area contributed by atoms with Crippen molar-refractivity contribution in [1.29, 1.82) is 0 Å². The Morgan fingerprint density at radius 3 is 2.34 bits per heavy atom. The summed E-state index contributed by atoms with van der Waals surface area (Å²) in [5.74, 6) is -1.57. The monoisotopic (exact) mass is 603 g/mol. The van der Waals surface area contributed by atoms with Crippen molar-refractivity contribution in [2.24, 2.45) is 5.92 Å². The van der Waals surface area contributed by atoms with E-state index in [1.807, 2.05) is 37.3 Å². The molecular formula is C34H41N3O7. The second-order valence-electron chi connectivity index (χ2n) is 11.2. The Labute approximate surface area is 257 Å². The summed E-state index contributed by atoms with van der Waals surface area (Å²) in [5.41, 5.74) is 1.60. The molecule has 10 heteroatoms. The van der Waals surface area contributed by atoms with Gasteiger partial charge in [-0.2, -0.15) is 0 Å². The molecule has 44 heavy (non-hydrogen) atoms. The van der Waals surface area contributed by atoms with Crippen LogP contribution in [0, 0.1) is 5.92 Å². The molecule has 3 amide bonds. The molecule has 1 aliphatic carbocycles. The van der Waals surface area contributed by atoms with Crippen LogP contribution in [0.3, 0.4) is 0 Å². The van der Waals surface area contributed by atoms with Crippen LogP contribution >= 0.6 is 0 Å². The van der Waals surface area contributed by atoms with Crippen LogP contribution in [0.1, 0.15) is 80.5 Å². The zero-order valence-corrected chi connectivity index (χ0v) is 25.3. The Kier molecular flexibility index (Phi) is 11.3. The zero-order valence-electron chi connectivity index (χ0n) is 25.3. The highest BCUT2D eigenvalue weighted by molar-refractivity contribution is 5.92. The average Bonchev–Trinajstić information content (AvgIpc) is 3.72. The molecule has 234 valence electrons. The van der Waals surface area contributed by atoms with Crippen LogP contribution in [0.25, 0.3) is 11.3 Å². The maximum atomic E-state index is 13.4. The standard InChI is InChI=1S/C34H41N3O7/c1-3-5-7-12-27(28(4-2)37(23-38)43-21-24-10-8-6-9-11-24)31(39)35-22-36-32(40)30-18-17-29(44-30)25-13-15-26(16-14-25)34(19-20-34)33(41)42/h6,8-11,13-18,23,27-28H,3-5,7,12,19-22H2,1-2H3,(H,35,39)(H,36,40)(H,41,42)/t27-,28-/m1/s1. The number of carboxylic acid groups (broad SMARTS) is 1. The van der Waals surface area contributed by atoms with Crippen molar-refractivity contribution in [2.75, 3.05) is 6.67 Å². The van der Waals surface area contributed by atoms with Crippen molar-refractivity contribution < 1.29 is 33.5 Å². The van der Waals surface area contributed by atoms with Crippen LogP contribution in [-0.4, -0.2) is 47.1 Å². The number of carboxylic acids is 1. The Bertz CT molecular complexity index is 1400. The van der Waals surface area contributed by atoms with Gasteiger partial charge in [0.2, 0.25) is 12.3 Å². The number of carbonyl (C=O) groups excluding carboxylic acids is 3. The third kappa shape index (κ3) is 7.93. The quantitative estimate of drug-likeness (QED) is 0.0763. The molecule has 1 aromatic heterocycles. The number of carbonyl (C=O) groups is 4. The van der Waals surface area contributed by atoms with E-state index in [0.717, 1.165) is 36.0 Å². The van der Waals surface area contributed by atoms with Gasteiger partial charge in [0.1, 0.15) is 12.4 Å². The minimum absolute atomic E-state index is 0.0786. The minimum Gasteiger partial charge on any atom is -0.481 e. The number of hydrogen-bond acceptors (Lipinski definition) is 6. The Morgan fingerprint density at radius 1 is 1.00 bits per heavy atom. The molecular weight excluding hydrogens is 562 g/mol. The lowest BCUT2D eigenvalue weighted by Crippen LogP contribution is -2.48. The number of benzene rings is 2. The van der Waals surface area contributed by atoms with Gasteiger partial charge in [0, 0.05) is 5.56 Å². The van der Waals surface area contributed by atoms with Crippen LogP contribution in [0.2, 0.25) is 0 Å². The van der Waals surface area contributed by atoms with Gasteiger partial charge >= 0.3 is 5.97 Å². The van der Waals surface area contributed by atoms with Crippen LogP contribution in [-0.2, 0) is 31.2 Å². The number of rotatable bonds is 18. The van der Waals surface area contributed by atoms with E-state index in [1.54, 1.807) is 36.4 Å². The largest absolute Gasteiger partial charge is 0.481 e. The summed E-state index contributed by atoms with van der Waals surface area (Å²) in [5, 5.41) is 16.2. The highest BCUT2D eigenvalue weighted by Gasteiger charge is 2.51. The van der Waals surface area contributed by atoms with Gasteiger partial charge in [-0.3, -0.25) is 24.0 Å². The van der Waals surface area contributed by atoms with E-state index in [-0.39, 0.29) is 24.9 Å². The second kappa shape index (κ2) is 15.3. The van der Waals surface area contributed by atoms with Gasteiger partial charge < -0.3 is 20.2 Å². The Balaban J connectivity index is 1.34. The molecule has 0 aliphatic heterocycles. The van der Waals surface area contributed by atoms with E-state index < -0.39 is 29.3 Å². The molecule has 4 rings (SSSR count). The van der Waals surface area contributed by atoms with Gasteiger partial charge in [-0.1, -0.05) is 87.7 Å². The number of hydroxylamine groups is 2. The Hall–Kier alpha value is -4.44. The highest BCUT2D eigenvalue weighted by Crippen LogP contribution is 2.48. The molecule has 10 nitrogen and oxygen atoms in total. The first kappa shape index (κ1) is 32.5. The predicted molar refractivity (Wildman–Crippen MR) is 164 cm³/mol. The molecule has 0 spiro atoms. The van der Waals surface area contributed by atoms with Crippen molar-refractivity contribution in [1.82, 2.24) is 15.7 Å². The number of hydrogen-bond donors (Lipinski definition) is 3. The lowest BCUT2D eigenvalue weighted by Gasteiger charge is -2.32. The smallest absolute Gasteiger partial charge is 0.314 e. The maximum absolute atomic E-state index is 13.4. The molecule has 2 aromatic carbocycles. The van der Waals surface area contributed by atoms with Gasteiger partial charge in [0.25, 0.3) is 5.91 Å². The zero-order chi connectivity index (χ0) is 31.5. The molecule has 1 saturated carbocycles. The molecule has 0 saturated heterocycles. The first-order valence-electron chi connectivity index (χ1n) is 15.2. The molecule has 2 atom stereocenters. The first-order chi connectivity index (χ1) is 21.3. The van der Waals surface area contributed by atoms with Crippen molar-refractivity contribution in [3.05, 3.63) is 83.6 Å².